The van der Waals surface area contributed by atoms with E-state index in [0.717, 1.165) is 23.3 Å². The zero-order chi connectivity index (χ0) is 96.7. The number of Topliss-reactive ketones (excluding diaryl/α,β-unsaturated/α-hetero) is 1. The standard InChI is InChI=1S/C32H30F2N4O5.C24H21F2N3O3.C22H17ClF2N2O3.C9H13N3O2.C6H6N2O2.C3H9NO/c1-41-12-11-35-31(39)19-7-9-22(36-16-19)13-21-14-26(30-24(33)5-4-6-25(30)34)37-27-18-38(32(40)29(21)27)17-20-8-10-23(42-2)15-28(20)43-3;1-32-9-3-6-21(30)14-7-8-16(27-12-14)10-15-11-19(23-17(25)4-2-5-18(23)26)29-20-13-28-24(31)22(15)20;1-29-13-7-6-12(19(8-13)30-2)10-27-11-18-20(22(27)28)14(23)9-17(26-18)21-15(24)4-3-5-16(21)25;1-14-5-4-11-9(13)7-2-3-8(10)12-6-7;7-5-2-1-4(3-8-5)6(9)10;1-5-3-2-4/h4-10,14-16H,11-13,17-18H2,1-3H3,(H,35,39);2,4-5,7-8,11-12H,3,6,9-10,13H2,1H3,(H,28,31);3-9H,10-11H2,1-2H3;2-3,6H,4-5H2,1H3,(H2,10,12)(H,11,13);1-3H,(H2,7,8)(H,9,10);2-4H2,1H3. The van der Waals surface area contributed by atoms with Crippen molar-refractivity contribution in [2.45, 2.75) is 58.4 Å². The summed E-state index contributed by atoms with van der Waals surface area (Å²) in [7, 11) is 12.5. The van der Waals surface area contributed by atoms with Crippen LogP contribution in [0.15, 0.2) is 183 Å². The molecule has 31 nitrogen and oxygen atoms in total. The molecule has 0 saturated heterocycles. The molecule has 38 heteroatoms. The minimum absolute atomic E-state index is 0.0254. The van der Waals surface area contributed by atoms with Gasteiger partial charge in [0.15, 0.2) is 5.78 Å². The predicted octanol–water partition coefficient (Wildman–Crippen LogP) is 13.3. The number of carboxylic acids is 1. The average molecular weight is 1870 g/mol. The highest BCUT2D eigenvalue weighted by Gasteiger charge is 2.36. The van der Waals surface area contributed by atoms with Crippen molar-refractivity contribution in [3.05, 3.63) is 312 Å². The largest absolute Gasteiger partial charge is 0.497 e. The van der Waals surface area contributed by atoms with Crippen LogP contribution in [0.25, 0.3) is 33.8 Å². The number of fused-ring (bicyclic) bond motifs is 3. The van der Waals surface area contributed by atoms with Crippen molar-refractivity contribution < 1.29 is 103 Å². The highest BCUT2D eigenvalue weighted by atomic mass is 35.5. The van der Waals surface area contributed by atoms with Gasteiger partial charge in [0.25, 0.3) is 29.5 Å². The zero-order valence-electron chi connectivity index (χ0n) is 74.1. The SMILES string of the molecule is COCCCC(=O)c1ccc(Cc2cc(-c3c(F)cccc3F)nc3c2C(=O)NC3)nc1.COCCN.COCCNC(=O)c1ccc(Cc2cc(-c3c(F)cccc3F)nc3c2C(=O)N(Cc2ccc(OC)cc2OC)C3)nc1.COCCNC(=O)c1ccc(N)nc1.COc1ccc(CN2Cc3nc(-c4c(F)cccc4F)cc(Cl)c3C2=O)c(OC)c1.Nc1ccc(C(=O)O)cn1. The third-order valence-corrected chi connectivity index (χ3v) is 20.7. The van der Waals surface area contributed by atoms with Gasteiger partial charge in [0.1, 0.15) is 69.5 Å². The van der Waals surface area contributed by atoms with Crippen molar-refractivity contribution in [1.29, 1.82) is 0 Å². The van der Waals surface area contributed by atoms with Crippen LogP contribution in [0.1, 0.15) is 136 Å². The summed E-state index contributed by atoms with van der Waals surface area (Å²) in [6, 6.07) is 38.6. The molecule has 12 aromatic rings. The molecule has 0 atom stereocenters. The van der Waals surface area contributed by atoms with Crippen LogP contribution < -0.4 is 52.1 Å². The number of amides is 5. The molecule has 700 valence electrons. The molecule has 0 bridgehead atoms. The molecule has 5 aromatic carbocycles. The first-order chi connectivity index (χ1) is 64.6. The molecular formula is C96H96ClF6N15O16. The lowest BCUT2D eigenvalue weighted by molar-refractivity contribution is 0.0693. The van der Waals surface area contributed by atoms with E-state index in [2.05, 4.69) is 55.6 Å². The number of hydrogen-bond acceptors (Lipinski definition) is 25. The quantitative estimate of drug-likeness (QED) is 0.0120. The number of ketones is 1. The number of aromatic carboxylic acids is 1. The van der Waals surface area contributed by atoms with E-state index in [1.807, 2.05) is 12.1 Å². The number of anilines is 2. The summed E-state index contributed by atoms with van der Waals surface area (Å²) in [4.78, 5) is 118. The van der Waals surface area contributed by atoms with Gasteiger partial charge in [0.2, 0.25) is 0 Å². The second-order valence-corrected chi connectivity index (χ2v) is 29.8. The smallest absolute Gasteiger partial charge is 0.337 e. The molecular weight excluding hydrogens is 1770 g/mol. The summed E-state index contributed by atoms with van der Waals surface area (Å²) in [5.41, 5.74) is 22.6. The number of hydrogen-bond donors (Lipinski definition) is 7. The maximum absolute atomic E-state index is 14.8. The van der Waals surface area contributed by atoms with Crippen LogP contribution in [0.3, 0.4) is 0 Å². The number of pyridine rings is 7. The number of carbonyl (C=O) groups excluding carboxylic acids is 6. The maximum Gasteiger partial charge on any atom is 0.337 e. The Hall–Kier alpha value is -14.9. The molecule has 134 heavy (non-hydrogen) atoms. The van der Waals surface area contributed by atoms with Crippen LogP contribution in [0.5, 0.6) is 23.0 Å². The van der Waals surface area contributed by atoms with Gasteiger partial charge in [-0.3, -0.25) is 38.7 Å². The van der Waals surface area contributed by atoms with Gasteiger partial charge >= 0.3 is 5.97 Å². The number of aromatic nitrogens is 7. The Morgan fingerprint density at radius 3 is 1.25 bits per heavy atom. The van der Waals surface area contributed by atoms with Crippen LogP contribution in [-0.4, -0.2) is 194 Å². The number of rotatable bonds is 31. The number of ether oxygens (including phenoxy) is 8. The minimum Gasteiger partial charge on any atom is -0.497 e. The van der Waals surface area contributed by atoms with E-state index < -0.39 is 40.9 Å². The van der Waals surface area contributed by atoms with Crippen LogP contribution in [0, 0.1) is 34.9 Å². The summed E-state index contributed by atoms with van der Waals surface area (Å²) in [5.74, 6) is -3.71. The summed E-state index contributed by atoms with van der Waals surface area (Å²) in [6.07, 6.45) is 7.03. The number of carbonyl (C=O) groups is 7. The van der Waals surface area contributed by atoms with Crippen molar-refractivity contribution in [3.8, 4) is 56.8 Å². The minimum atomic E-state index is -0.993. The first-order valence-corrected chi connectivity index (χ1v) is 41.6. The fourth-order valence-corrected chi connectivity index (χ4v) is 14.1. The number of nitrogens with one attached hydrogen (secondary N) is 3. The third-order valence-electron chi connectivity index (χ3n) is 20.4. The van der Waals surface area contributed by atoms with Crippen molar-refractivity contribution in [2.75, 3.05) is 114 Å². The van der Waals surface area contributed by atoms with Crippen molar-refractivity contribution in [1.82, 2.24) is 60.6 Å². The highest BCUT2D eigenvalue weighted by molar-refractivity contribution is 6.34. The van der Waals surface area contributed by atoms with Gasteiger partial charge in [0, 0.05) is 139 Å². The molecule has 15 rings (SSSR count). The van der Waals surface area contributed by atoms with E-state index >= 15 is 0 Å². The van der Waals surface area contributed by atoms with Gasteiger partial charge in [-0.25, -0.2) is 56.1 Å². The summed E-state index contributed by atoms with van der Waals surface area (Å²) in [6.45, 7) is 4.47. The summed E-state index contributed by atoms with van der Waals surface area (Å²) < 4.78 is 127. The van der Waals surface area contributed by atoms with Crippen molar-refractivity contribution in [2.24, 2.45) is 5.73 Å². The Bertz CT molecular complexity index is 6100. The van der Waals surface area contributed by atoms with E-state index in [4.69, 9.17) is 67.1 Å². The topological polar surface area (TPSA) is 424 Å². The second kappa shape index (κ2) is 49.4. The predicted molar refractivity (Wildman–Crippen MR) is 484 cm³/mol. The molecule has 0 aliphatic carbocycles. The van der Waals surface area contributed by atoms with Gasteiger partial charge < -0.3 is 86.0 Å². The Balaban J connectivity index is 0.000000183. The molecule has 0 radical (unpaired) electrons. The molecule has 0 fully saturated rings. The lowest BCUT2D eigenvalue weighted by atomic mass is 9.98. The molecule has 0 unspecified atom stereocenters. The van der Waals surface area contributed by atoms with E-state index in [1.54, 1.807) is 113 Å². The molecule has 0 spiro atoms. The molecule has 10 heterocycles. The van der Waals surface area contributed by atoms with Gasteiger partial charge in [-0.15, -0.1) is 0 Å². The van der Waals surface area contributed by atoms with Crippen LogP contribution in [-0.2, 0) is 64.5 Å². The first kappa shape index (κ1) is 101. The third kappa shape index (κ3) is 26.7. The number of carboxylic acid groups (broad SMARTS) is 1. The monoisotopic (exact) mass is 1860 g/mol. The van der Waals surface area contributed by atoms with E-state index in [9.17, 15) is 59.9 Å². The molecule has 5 amide bonds. The van der Waals surface area contributed by atoms with Crippen LogP contribution in [0.2, 0.25) is 5.02 Å². The maximum atomic E-state index is 14.8. The van der Waals surface area contributed by atoms with Crippen LogP contribution in [0.4, 0.5) is 38.0 Å². The lowest BCUT2D eigenvalue weighted by Crippen LogP contribution is -2.27. The van der Waals surface area contributed by atoms with Crippen molar-refractivity contribution in [3.63, 3.8) is 0 Å². The molecule has 10 N–H and O–H groups in total. The Morgan fingerprint density at radius 2 is 0.851 bits per heavy atom. The fourth-order valence-electron chi connectivity index (χ4n) is 13.8. The number of nitrogen functional groups attached to an aromatic ring is 2. The van der Waals surface area contributed by atoms with E-state index in [-0.39, 0.29) is 131 Å². The number of halogens is 7. The molecule has 7 aromatic heterocycles. The number of benzene rings is 5. The summed E-state index contributed by atoms with van der Waals surface area (Å²) >= 11 is 6.32. The number of nitrogens with two attached hydrogens (primary N) is 3. The Morgan fingerprint density at radius 1 is 0.448 bits per heavy atom. The van der Waals surface area contributed by atoms with Crippen LogP contribution >= 0.6 is 11.6 Å². The van der Waals surface area contributed by atoms with E-state index in [1.165, 1.54) is 112 Å². The first-order valence-electron chi connectivity index (χ1n) is 41.3. The number of nitrogens with zero attached hydrogens (tertiary/aromatic N) is 9. The molecule has 3 aliphatic heterocycles. The molecule has 3 aliphatic rings. The molecule has 0 saturated carbocycles. The van der Waals surface area contributed by atoms with E-state index in [0.29, 0.717) is 161 Å². The Labute approximate surface area is 771 Å². The lowest BCUT2D eigenvalue weighted by Gasteiger charge is -2.18. The normalized spacial score (nSPS) is 11.8. The zero-order valence-corrected chi connectivity index (χ0v) is 74.9. The van der Waals surface area contributed by atoms with Gasteiger partial charge in [-0.1, -0.05) is 29.8 Å². The average Bonchev–Trinajstić information content (AvgIpc) is 1.58. The van der Waals surface area contributed by atoms with Gasteiger partial charge in [0.05, 0.1) is 170 Å². The number of methoxy groups -OCH3 is 8. The van der Waals surface area contributed by atoms with Crippen molar-refractivity contribution >= 4 is 64.5 Å². The summed E-state index contributed by atoms with van der Waals surface area (Å²) in [5, 5.41) is 16.6. The van der Waals surface area contributed by atoms with Gasteiger partial charge in [-0.05, 0) is 145 Å². The Kier molecular flexibility index (Phi) is 37.3. The highest BCUT2D eigenvalue weighted by Crippen LogP contribution is 2.39. The second-order valence-electron chi connectivity index (χ2n) is 29.4. The fraction of sp³-hybridized carbons (Fsp3) is 0.250. The van der Waals surface area contributed by atoms with Gasteiger partial charge in [-0.2, -0.15) is 0 Å².